The number of halogens is 1. The molecular weight excluding hydrogens is 204 g/mol. The summed E-state index contributed by atoms with van der Waals surface area (Å²) in [7, 11) is 1.48. The SMILES string of the molecule is COc1nc(Cl)nc(-n2cccc2)n1. The number of aromatic nitrogens is 4. The Morgan fingerprint density at radius 3 is 2.57 bits per heavy atom. The number of hydrogen-bond donors (Lipinski definition) is 0. The predicted octanol–water partition coefficient (Wildman–Crippen LogP) is 1.32. The molecule has 0 aliphatic carbocycles. The molecule has 72 valence electrons. The predicted molar refractivity (Wildman–Crippen MR) is 50.7 cm³/mol. The van der Waals surface area contributed by atoms with Crippen LogP contribution in [0.5, 0.6) is 6.01 Å². The maximum Gasteiger partial charge on any atom is 0.322 e. The first kappa shape index (κ1) is 8.96. The lowest BCUT2D eigenvalue weighted by Gasteiger charge is -2.02. The zero-order valence-electron chi connectivity index (χ0n) is 7.38. The molecule has 0 bridgehead atoms. The fourth-order valence-electron chi connectivity index (χ4n) is 0.997. The van der Waals surface area contributed by atoms with E-state index in [0.29, 0.717) is 5.95 Å². The van der Waals surface area contributed by atoms with Crippen LogP contribution in [-0.4, -0.2) is 26.6 Å². The van der Waals surface area contributed by atoms with Gasteiger partial charge < -0.3 is 4.74 Å². The van der Waals surface area contributed by atoms with Gasteiger partial charge in [0, 0.05) is 12.4 Å². The molecule has 0 aromatic carbocycles. The van der Waals surface area contributed by atoms with Gasteiger partial charge >= 0.3 is 6.01 Å². The first-order chi connectivity index (χ1) is 6.79. The average Bonchev–Trinajstić information content (AvgIpc) is 2.69. The van der Waals surface area contributed by atoms with E-state index < -0.39 is 0 Å². The lowest BCUT2D eigenvalue weighted by atomic mass is 10.7. The third-order valence-corrected chi connectivity index (χ3v) is 1.76. The van der Waals surface area contributed by atoms with Crippen molar-refractivity contribution in [2.75, 3.05) is 7.11 Å². The summed E-state index contributed by atoms with van der Waals surface area (Å²) >= 11 is 5.69. The molecule has 0 aliphatic heterocycles. The molecule has 0 aliphatic rings. The summed E-state index contributed by atoms with van der Waals surface area (Å²) < 4.78 is 6.59. The van der Waals surface area contributed by atoms with Crippen LogP contribution in [0, 0.1) is 0 Å². The van der Waals surface area contributed by atoms with Crippen LogP contribution in [0.3, 0.4) is 0 Å². The van der Waals surface area contributed by atoms with E-state index in [9.17, 15) is 0 Å². The van der Waals surface area contributed by atoms with E-state index in [1.807, 2.05) is 24.5 Å². The quantitative estimate of drug-likeness (QED) is 0.750. The van der Waals surface area contributed by atoms with Crippen LogP contribution in [0.2, 0.25) is 5.28 Å². The molecule has 0 saturated carbocycles. The topological polar surface area (TPSA) is 52.8 Å². The van der Waals surface area contributed by atoms with Crippen LogP contribution in [0.1, 0.15) is 0 Å². The van der Waals surface area contributed by atoms with E-state index in [4.69, 9.17) is 16.3 Å². The van der Waals surface area contributed by atoms with Gasteiger partial charge in [0.05, 0.1) is 7.11 Å². The van der Waals surface area contributed by atoms with Crippen molar-refractivity contribution >= 4 is 11.6 Å². The molecule has 0 fully saturated rings. The van der Waals surface area contributed by atoms with Crippen molar-refractivity contribution in [3.63, 3.8) is 0 Å². The van der Waals surface area contributed by atoms with Gasteiger partial charge in [-0.15, -0.1) is 0 Å². The first-order valence-corrected chi connectivity index (χ1v) is 4.26. The zero-order valence-corrected chi connectivity index (χ0v) is 8.14. The van der Waals surface area contributed by atoms with Gasteiger partial charge in [-0.2, -0.15) is 15.0 Å². The van der Waals surface area contributed by atoms with Crippen LogP contribution in [0.4, 0.5) is 0 Å². The van der Waals surface area contributed by atoms with Crippen LogP contribution in [0.15, 0.2) is 24.5 Å². The van der Waals surface area contributed by atoms with Crippen molar-refractivity contribution < 1.29 is 4.74 Å². The molecule has 2 aromatic heterocycles. The van der Waals surface area contributed by atoms with Crippen molar-refractivity contribution in [3.05, 3.63) is 29.8 Å². The Hall–Kier alpha value is -1.62. The summed E-state index contributed by atoms with van der Waals surface area (Å²) in [5.74, 6) is 0.437. The third kappa shape index (κ3) is 1.67. The van der Waals surface area contributed by atoms with Crippen LogP contribution >= 0.6 is 11.6 Å². The fourth-order valence-corrected chi connectivity index (χ4v) is 1.14. The molecule has 2 aromatic rings. The average molecular weight is 211 g/mol. The summed E-state index contributed by atoms with van der Waals surface area (Å²) in [6.45, 7) is 0. The van der Waals surface area contributed by atoms with Gasteiger partial charge in [0.15, 0.2) is 0 Å². The molecule has 0 saturated heterocycles. The van der Waals surface area contributed by atoms with Crippen molar-refractivity contribution in [1.82, 2.24) is 19.5 Å². The number of hydrogen-bond acceptors (Lipinski definition) is 4. The van der Waals surface area contributed by atoms with Crippen molar-refractivity contribution in [1.29, 1.82) is 0 Å². The molecule has 2 heterocycles. The monoisotopic (exact) mass is 210 g/mol. The number of nitrogens with zero attached hydrogens (tertiary/aromatic N) is 4. The Morgan fingerprint density at radius 2 is 1.93 bits per heavy atom. The second kappa shape index (κ2) is 3.63. The van der Waals surface area contributed by atoms with Crippen LogP contribution in [-0.2, 0) is 0 Å². The number of ether oxygens (including phenoxy) is 1. The van der Waals surface area contributed by atoms with Crippen molar-refractivity contribution in [3.8, 4) is 12.0 Å². The molecule has 0 amide bonds. The smallest absolute Gasteiger partial charge is 0.322 e. The lowest BCUT2D eigenvalue weighted by Crippen LogP contribution is -2.02. The summed E-state index contributed by atoms with van der Waals surface area (Å²) in [4.78, 5) is 11.7. The van der Waals surface area contributed by atoms with Gasteiger partial charge in [-0.25, -0.2) is 0 Å². The van der Waals surface area contributed by atoms with E-state index in [2.05, 4.69) is 15.0 Å². The zero-order chi connectivity index (χ0) is 9.97. The minimum absolute atomic E-state index is 0.112. The third-order valence-electron chi connectivity index (χ3n) is 1.59. The standard InChI is InChI=1S/C8H7ClN4O/c1-14-8-11-6(9)10-7(12-8)13-4-2-3-5-13/h2-5H,1H3. The van der Waals surface area contributed by atoms with E-state index in [-0.39, 0.29) is 11.3 Å². The number of methoxy groups -OCH3 is 1. The van der Waals surface area contributed by atoms with E-state index in [1.54, 1.807) is 4.57 Å². The Kier molecular flexibility index (Phi) is 2.32. The minimum atomic E-state index is 0.112. The maximum absolute atomic E-state index is 5.69. The highest BCUT2D eigenvalue weighted by Gasteiger charge is 2.05. The van der Waals surface area contributed by atoms with Crippen molar-refractivity contribution in [2.24, 2.45) is 0 Å². The Morgan fingerprint density at radius 1 is 1.21 bits per heavy atom. The minimum Gasteiger partial charge on any atom is -0.467 e. The van der Waals surface area contributed by atoms with Gasteiger partial charge in [0.25, 0.3) is 0 Å². The van der Waals surface area contributed by atoms with E-state index in [0.717, 1.165) is 0 Å². The molecular formula is C8H7ClN4O. The Bertz CT molecular complexity index is 429. The van der Waals surface area contributed by atoms with Crippen LogP contribution in [0.25, 0.3) is 5.95 Å². The highest BCUT2D eigenvalue weighted by Crippen LogP contribution is 2.10. The largest absolute Gasteiger partial charge is 0.467 e. The normalized spacial score (nSPS) is 10.1. The summed E-state index contributed by atoms with van der Waals surface area (Å²) in [5.41, 5.74) is 0. The molecule has 5 nitrogen and oxygen atoms in total. The highest BCUT2D eigenvalue weighted by atomic mass is 35.5. The Labute approximate surface area is 85.3 Å². The van der Waals surface area contributed by atoms with Crippen molar-refractivity contribution in [2.45, 2.75) is 0 Å². The molecule has 0 unspecified atom stereocenters. The van der Waals surface area contributed by atoms with Gasteiger partial charge in [0.1, 0.15) is 0 Å². The fraction of sp³-hybridized carbons (Fsp3) is 0.125. The molecule has 0 spiro atoms. The maximum atomic E-state index is 5.69. The highest BCUT2D eigenvalue weighted by molar-refractivity contribution is 6.28. The van der Waals surface area contributed by atoms with E-state index >= 15 is 0 Å². The molecule has 2 rings (SSSR count). The lowest BCUT2D eigenvalue weighted by molar-refractivity contribution is 0.377. The van der Waals surface area contributed by atoms with E-state index in [1.165, 1.54) is 7.11 Å². The summed E-state index contributed by atoms with van der Waals surface area (Å²) in [6.07, 6.45) is 3.62. The molecule has 0 radical (unpaired) electrons. The van der Waals surface area contributed by atoms with Gasteiger partial charge in [-0.05, 0) is 23.7 Å². The summed E-state index contributed by atoms with van der Waals surface area (Å²) in [5, 5.41) is 0.112. The Balaban J connectivity index is 2.48. The van der Waals surface area contributed by atoms with Crippen LogP contribution < -0.4 is 4.74 Å². The van der Waals surface area contributed by atoms with Gasteiger partial charge in [-0.3, -0.25) is 4.57 Å². The molecule has 6 heteroatoms. The molecule has 0 atom stereocenters. The second-order valence-electron chi connectivity index (χ2n) is 2.48. The molecule has 14 heavy (non-hydrogen) atoms. The summed E-state index contributed by atoms with van der Waals surface area (Å²) in [6, 6.07) is 3.93. The van der Waals surface area contributed by atoms with Gasteiger partial charge in [-0.1, -0.05) is 0 Å². The molecule has 0 N–H and O–H groups in total. The first-order valence-electron chi connectivity index (χ1n) is 3.88. The second-order valence-corrected chi connectivity index (χ2v) is 2.82. The number of rotatable bonds is 2. The van der Waals surface area contributed by atoms with Gasteiger partial charge in [0.2, 0.25) is 11.2 Å².